The monoisotopic (exact) mass is 411 g/mol. The molecule has 2 aromatic rings. The summed E-state index contributed by atoms with van der Waals surface area (Å²) in [4.78, 5) is 13.6. The predicted octanol–water partition coefficient (Wildman–Crippen LogP) is 4.20. The molecule has 158 valence electrons. The minimum Gasteiger partial charge on any atom is -0.438 e. The van der Waals surface area contributed by atoms with Crippen LogP contribution < -0.4 is 0 Å². The van der Waals surface area contributed by atoms with Gasteiger partial charge in [0.2, 0.25) is 0 Å². The van der Waals surface area contributed by atoms with Gasteiger partial charge in [0.1, 0.15) is 11.9 Å². The first-order valence-electron chi connectivity index (χ1n) is 10.6. The zero-order chi connectivity index (χ0) is 20.7. The van der Waals surface area contributed by atoms with E-state index in [1.54, 1.807) is 12.1 Å². The van der Waals surface area contributed by atoms with Crippen molar-refractivity contribution in [3.05, 3.63) is 70.5 Å². The number of carbonyl (C=O) groups excluding carboxylic acids is 1. The van der Waals surface area contributed by atoms with Gasteiger partial charge in [-0.1, -0.05) is 30.3 Å². The molecular formula is C24H26FNO4. The molecule has 0 amide bonds. The molecule has 2 saturated heterocycles. The molecule has 5 rings (SSSR count). The maximum Gasteiger partial charge on any atom is 0.508 e. The van der Waals surface area contributed by atoms with Crippen LogP contribution in [0.4, 0.5) is 9.18 Å². The summed E-state index contributed by atoms with van der Waals surface area (Å²) >= 11 is 0. The van der Waals surface area contributed by atoms with Gasteiger partial charge in [-0.3, -0.25) is 4.90 Å². The van der Waals surface area contributed by atoms with Gasteiger partial charge in [-0.2, -0.15) is 0 Å². The summed E-state index contributed by atoms with van der Waals surface area (Å²) in [6.07, 6.45) is 1.66. The van der Waals surface area contributed by atoms with Gasteiger partial charge in [-0.15, -0.1) is 0 Å². The number of fused-ring (bicyclic) bond motifs is 5. The molecular weight excluding hydrogens is 385 g/mol. The van der Waals surface area contributed by atoms with E-state index in [0.29, 0.717) is 6.54 Å². The molecule has 5 nitrogen and oxygen atoms in total. The predicted molar refractivity (Wildman–Crippen MR) is 109 cm³/mol. The van der Waals surface area contributed by atoms with Crippen LogP contribution in [0.5, 0.6) is 0 Å². The molecule has 0 spiro atoms. The summed E-state index contributed by atoms with van der Waals surface area (Å²) in [5, 5.41) is 0. The molecule has 3 aliphatic rings. The van der Waals surface area contributed by atoms with Gasteiger partial charge in [0.25, 0.3) is 0 Å². The smallest absolute Gasteiger partial charge is 0.438 e. The van der Waals surface area contributed by atoms with Crippen molar-refractivity contribution < 1.29 is 23.4 Å². The van der Waals surface area contributed by atoms with Gasteiger partial charge in [-0.25, -0.2) is 9.18 Å². The second kappa shape index (κ2) is 8.00. The summed E-state index contributed by atoms with van der Waals surface area (Å²) in [6.45, 7) is 2.33. The Morgan fingerprint density at radius 1 is 1.20 bits per heavy atom. The molecule has 2 fully saturated rings. The third-order valence-corrected chi connectivity index (χ3v) is 6.59. The van der Waals surface area contributed by atoms with Crippen molar-refractivity contribution in [1.29, 1.82) is 0 Å². The standard InChI is InChI=1S/C24H26FNO4/c1-28-24(27)30-18-8-9-26(13-18)14-19-12-22-20-5-3-2-4-15(20)10-16-6-7-17(25)11-21(16)23(22)29-19/h2-7,11,18-19,22-23H,8-10,12-14H2,1H3. The van der Waals surface area contributed by atoms with Crippen molar-refractivity contribution in [3.8, 4) is 0 Å². The van der Waals surface area contributed by atoms with Crippen molar-refractivity contribution >= 4 is 6.16 Å². The lowest BCUT2D eigenvalue weighted by Gasteiger charge is -2.21. The van der Waals surface area contributed by atoms with E-state index in [-0.39, 0.29) is 30.0 Å². The highest BCUT2D eigenvalue weighted by atomic mass is 19.1. The van der Waals surface area contributed by atoms with Gasteiger partial charge in [0.15, 0.2) is 0 Å². The quantitative estimate of drug-likeness (QED) is 0.709. The molecule has 4 unspecified atom stereocenters. The molecule has 1 aliphatic carbocycles. The summed E-state index contributed by atoms with van der Waals surface area (Å²) in [5.41, 5.74) is 4.74. The molecule has 30 heavy (non-hydrogen) atoms. The van der Waals surface area contributed by atoms with Crippen molar-refractivity contribution in [2.75, 3.05) is 26.7 Å². The average molecular weight is 411 g/mol. The van der Waals surface area contributed by atoms with Crippen molar-refractivity contribution in [2.24, 2.45) is 0 Å². The molecule has 0 bridgehead atoms. The van der Waals surface area contributed by atoms with Crippen LogP contribution in [-0.2, 0) is 20.6 Å². The normalized spacial score (nSPS) is 27.7. The van der Waals surface area contributed by atoms with E-state index < -0.39 is 6.16 Å². The zero-order valence-corrected chi connectivity index (χ0v) is 17.1. The van der Waals surface area contributed by atoms with Crippen LogP contribution in [0.2, 0.25) is 0 Å². The minimum absolute atomic E-state index is 0.0548. The number of likely N-dealkylation sites (tertiary alicyclic amines) is 1. The molecule has 4 atom stereocenters. The number of rotatable bonds is 3. The lowest BCUT2D eigenvalue weighted by atomic mass is 9.87. The highest BCUT2D eigenvalue weighted by molar-refractivity contribution is 5.59. The van der Waals surface area contributed by atoms with Gasteiger partial charge < -0.3 is 14.2 Å². The molecule has 2 aliphatic heterocycles. The maximum absolute atomic E-state index is 14.1. The highest BCUT2D eigenvalue weighted by Gasteiger charge is 2.42. The second-order valence-corrected chi connectivity index (χ2v) is 8.48. The molecule has 2 aromatic carbocycles. The third kappa shape index (κ3) is 3.70. The van der Waals surface area contributed by atoms with E-state index in [1.165, 1.54) is 18.2 Å². The van der Waals surface area contributed by atoms with Gasteiger partial charge in [-0.05, 0) is 53.6 Å². The number of hydrogen-bond acceptors (Lipinski definition) is 5. The number of halogens is 1. The number of benzene rings is 2. The highest BCUT2D eigenvalue weighted by Crippen LogP contribution is 2.49. The van der Waals surface area contributed by atoms with Gasteiger partial charge in [0.05, 0.1) is 19.3 Å². The molecule has 6 heteroatoms. The van der Waals surface area contributed by atoms with E-state index in [2.05, 4.69) is 33.9 Å². The topological polar surface area (TPSA) is 48.0 Å². The zero-order valence-electron chi connectivity index (χ0n) is 17.1. The lowest BCUT2D eigenvalue weighted by Crippen LogP contribution is -2.32. The third-order valence-electron chi connectivity index (χ3n) is 6.59. The van der Waals surface area contributed by atoms with Crippen LogP contribution in [0.25, 0.3) is 0 Å². The second-order valence-electron chi connectivity index (χ2n) is 8.48. The maximum atomic E-state index is 14.1. The van der Waals surface area contributed by atoms with Crippen LogP contribution >= 0.6 is 0 Å². The number of carbonyl (C=O) groups is 1. The Labute approximate surface area is 175 Å². The Morgan fingerprint density at radius 3 is 2.90 bits per heavy atom. The Bertz CT molecular complexity index is 949. The van der Waals surface area contributed by atoms with Crippen LogP contribution in [-0.4, -0.2) is 50.0 Å². The fourth-order valence-electron chi connectivity index (χ4n) is 5.25. The Kier molecular flexibility index (Phi) is 5.21. The van der Waals surface area contributed by atoms with Crippen LogP contribution in [0.15, 0.2) is 42.5 Å². The fourth-order valence-corrected chi connectivity index (χ4v) is 5.25. The Balaban J connectivity index is 1.35. The number of ether oxygens (including phenoxy) is 3. The first kappa shape index (κ1) is 19.5. The minimum atomic E-state index is -0.628. The number of nitrogens with zero attached hydrogens (tertiary/aromatic N) is 1. The first-order valence-corrected chi connectivity index (χ1v) is 10.6. The van der Waals surface area contributed by atoms with Gasteiger partial charge in [0, 0.05) is 25.6 Å². The lowest BCUT2D eigenvalue weighted by molar-refractivity contribution is 0.0164. The molecule has 0 radical (unpaired) electrons. The van der Waals surface area contributed by atoms with Crippen molar-refractivity contribution in [2.45, 2.75) is 43.5 Å². The molecule has 0 saturated carbocycles. The average Bonchev–Trinajstić information content (AvgIpc) is 3.34. The van der Waals surface area contributed by atoms with Crippen LogP contribution in [0, 0.1) is 5.82 Å². The van der Waals surface area contributed by atoms with Crippen LogP contribution in [0.3, 0.4) is 0 Å². The van der Waals surface area contributed by atoms with Crippen molar-refractivity contribution in [1.82, 2.24) is 4.90 Å². The van der Waals surface area contributed by atoms with E-state index in [1.807, 2.05) is 6.07 Å². The SMILES string of the molecule is COC(=O)OC1CCN(CC2CC3c4ccccc4Cc4ccc(F)cc4C3O2)C1. The Morgan fingerprint density at radius 2 is 2.03 bits per heavy atom. The van der Waals surface area contributed by atoms with Gasteiger partial charge >= 0.3 is 6.16 Å². The van der Waals surface area contributed by atoms with E-state index in [9.17, 15) is 9.18 Å². The summed E-state index contributed by atoms with van der Waals surface area (Å²) in [6, 6.07) is 13.6. The van der Waals surface area contributed by atoms with E-state index in [4.69, 9.17) is 9.47 Å². The number of hydrogen-bond donors (Lipinski definition) is 0. The summed E-state index contributed by atoms with van der Waals surface area (Å²) in [7, 11) is 1.32. The number of methoxy groups -OCH3 is 1. The summed E-state index contributed by atoms with van der Waals surface area (Å²) < 4.78 is 30.5. The molecule has 2 heterocycles. The summed E-state index contributed by atoms with van der Waals surface area (Å²) in [5.74, 6) is 0.00631. The molecule has 0 N–H and O–H groups in total. The fraction of sp³-hybridized carbons (Fsp3) is 0.458. The first-order chi connectivity index (χ1) is 14.6. The van der Waals surface area contributed by atoms with Crippen LogP contribution in [0.1, 0.15) is 47.1 Å². The molecule has 0 aromatic heterocycles. The van der Waals surface area contributed by atoms with Crippen molar-refractivity contribution in [3.63, 3.8) is 0 Å². The van der Waals surface area contributed by atoms with E-state index in [0.717, 1.165) is 43.5 Å². The largest absolute Gasteiger partial charge is 0.508 e. The van der Waals surface area contributed by atoms with E-state index >= 15 is 0 Å². The Hall–Kier alpha value is -2.44.